The summed E-state index contributed by atoms with van der Waals surface area (Å²) in [5.41, 5.74) is 5.02. The number of carbonyl (C=O) groups is 1. The van der Waals surface area contributed by atoms with E-state index in [4.69, 9.17) is 9.47 Å². The van der Waals surface area contributed by atoms with Gasteiger partial charge in [0.05, 0.1) is 20.3 Å². The molecule has 2 aromatic rings. The highest BCUT2D eigenvalue weighted by atomic mass is 16.5. The van der Waals surface area contributed by atoms with Crippen LogP contribution in [0.3, 0.4) is 0 Å². The minimum atomic E-state index is 0.0881. The molecule has 30 heavy (non-hydrogen) atoms. The molecule has 0 bridgehead atoms. The van der Waals surface area contributed by atoms with E-state index in [1.807, 2.05) is 0 Å². The molecule has 0 aromatic heterocycles. The first-order chi connectivity index (χ1) is 14.4. The third-order valence-corrected chi connectivity index (χ3v) is 5.67. The Morgan fingerprint density at radius 1 is 1.17 bits per heavy atom. The summed E-state index contributed by atoms with van der Waals surface area (Å²) >= 11 is 0. The summed E-state index contributed by atoms with van der Waals surface area (Å²) in [7, 11) is 3.33. The maximum atomic E-state index is 12.4. The van der Waals surface area contributed by atoms with E-state index < -0.39 is 0 Å². The lowest BCUT2D eigenvalue weighted by Crippen LogP contribution is -2.42. The third-order valence-electron chi connectivity index (χ3n) is 5.67. The average molecular weight is 411 g/mol. The van der Waals surface area contributed by atoms with Crippen molar-refractivity contribution < 1.29 is 14.3 Å². The van der Waals surface area contributed by atoms with E-state index in [9.17, 15) is 4.79 Å². The minimum Gasteiger partial charge on any atom is -0.493 e. The molecule has 1 amide bonds. The van der Waals surface area contributed by atoms with Crippen molar-refractivity contribution in [1.29, 1.82) is 0 Å². The first kappa shape index (κ1) is 22.2. The number of nitrogens with zero attached hydrogens (tertiary/aromatic N) is 1. The van der Waals surface area contributed by atoms with Gasteiger partial charge in [-0.05, 0) is 48.1 Å². The first-order valence-electron chi connectivity index (χ1n) is 10.7. The van der Waals surface area contributed by atoms with Gasteiger partial charge in [-0.1, -0.05) is 43.7 Å². The van der Waals surface area contributed by atoms with Gasteiger partial charge in [-0.2, -0.15) is 0 Å². The zero-order chi connectivity index (χ0) is 21.7. The van der Waals surface area contributed by atoms with Crippen LogP contribution < -0.4 is 14.8 Å². The van der Waals surface area contributed by atoms with Gasteiger partial charge in [0, 0.05) is 26.1 Å². The van der Waals surface area contributed by atoms with Gasteiger partial charge in [-0.25, -0.2) is 0 Å². The van der Waals surface area contributed by atoms with Crippen molar-refractivity contribution in [2.45, 2.75) is 46.2 Å². The zero-order valence-electron chi connectivity index (χ0n) is 18.8. The predicted molar refractivity (Wildman–Crippen MR) is 120 cm³/mol. The van der Waals surface area contributed by atoms with Gasteiger partial charge in [0.1, 0.15) is 0 Å². The van der Waals surface area contributed by atoms with E-state index in [1.54, 1.807) is 14.2 Å². The van der Waals surface area contributed by atoms with Gasteiger partial charge in [0.15, 0.2) is 11.5 Å². The van der Waals surface area contributed by atoms with E-state index in [0.29, 0.717) is 18.9 Å². The monoisotopic (exact) mass is 410 g/mol. The molecule has 1 aliphatic rings. The Bertz CT molecular complexity index is 879. The van der Waals surface area contributed by atoms with Crippen LogP contribution in [0.25, 0.3) is 0 Å². The lowest BCUT2D eigenvalue weighted by molar-refractivity contribution is -0.122. The fraction of sp³-hybridized carbons (Fsp3) is 0.480. The number of fused-ring (bicyclic) bond motifs is 1. The summed E-state index contributed by atoms with van der Waals surface area (Å²) in [6.07, 6.45) is 1.49. The van der Waals surface area contributed by atoms with Gasteiger partial charge in [-0.3, -0.25) is 9.69 Å². The Hall–Kier alpha value is -2.53. The van der Waals surface area contributed by atoms with Crippen molar-refractivity contribution in [1.82, 2.24) is 10.2 Å². The molecule has 1 heterocycles. The van der Waals surface area contributed by atoms with E-state index in [1.165, 1.54) is 22.3 Å². The topological polar surface area (TPSA) is 50.8 Å². The fourth-order valence-corrected chi connectivity index (χ4v) is 4.21. The van der Waals surface area contributed by atoms with Crippen LogP contribution in [0.15, 0.2) is 36.4 Å². The van der Waals surface area contributed by atoms with Crippen LogP contribution in [0.1, 0.15) is 48.6 Å². The molecule has 162 valence electrons. The van der Waals surface area contributed by atoms with Crippen LogP contribution in [0.2, 0.25) is 0 Å². The minimum absolute atomic E-state index is 0.0881. The molecule has 5 heteroatoms. The summed E-state index contributed by atoms with van der Waals surface area (Å²) in [6.45, 7) is 8.62. The summed E-state index contributed by atoms with van der Waals surface area (Å²) in [5, 5.41) is 3.17. The fourth-order valence-electron chi connectivity index (χ4n) is 4.21. The van der Waals surface area contributed by atoms with Crippen LogP contribution in [-0.4, -0.2) is 38.1 Å². The summed E-state index contributed by atoms with van der Waals surface area (Å²) in [4.78, 5) is 14.8. The first-order valence-corrected chi connectivity index (χ1v) is 10.7. The van der Waals surface area contributed by atoms with Crippen molar-refractivity contribution in [3.63, 3.8) is 0 Å². The molecule has 5 nitrogen and oxygen atoms in total. The number of amides is 1. The smallest absolute Gasteiger partial charge is 0.220 e. The molecule has 0 fully saturated rings. The van der Waals surface area contributed by atoms with Gasteiger partial charge >= 0.3 is 0 Å². The Labute approximate surface area is 180 Å². The summed E-state index contributed by atoms with van der Waals surface area (Å²) in [6, 6.07) is 12.9. The number of methoxy groups -OCH3 is 2. The van der Waals surface area contributed by atoms with Crippen LogP contribution in [0.4, 0.5) is 0 Å². The maximum absolute atomic E-state index is 12.4. The standard InChI is InChI=1S/C25H34N2O3/c1-17(2)11-25(28)26-15-22-21-14-24(30-5)23(29-4)13-20(21)9-10-27(22)16-19-8-6-7-18(3)12-19/h6-8,12-14,17,22H,9-11,15-16H2,1-5H3,(H,26,28)/t22-/m1/s1. The highest BCUT2D eigenvalue weighted by molar-refractivity contribution is 5.76. The molecule has 0 aliphatic carbocycles. The molecule has 2 aromatic carbocycles. The van der Waals surface area contributed by atoms with Crippen LogP contribution in [0.5, 0.6) is 11.5 Å². The molecular weight excluding hydrogens is 376 g/mol. The van der Waals surface area contributed by atoms with Gasteiger partial charge < -0.3 is 14.8 Å². The van der Waals surface area contributed by atoms with Crippen LogP contribution in [0, 0.1) is 12.8 Å². The number of carbonyl (C=O) groups excluding carboxylic acids is 1. The molecule has 0 spiro atoms. The summed E-state index contributed by atoms with van der Waals surface area (Å²) < 4.78 is 11.1. The molecule has 0 saturated heterocycles. The molecule has 1 aliphatic heterocycles. The molecule has 3 rings (SSSR count). The second-order valence-corrected chi connectivity index (χ2v) is 8.53. The second-order valence-electron chi connectivity index (χ2n) is 8.53. The van der Waals surface area contributed by atoms with E-state index >= 15 is 0 Å². The number of nitrogens with one attached hydrogen (secondary N) is 1. The second kappa shape index (κ2) is 9.98. The van der Waals surface area contributed by atoms with Crippen molar-refractivity contribution in [2.75, 3.05) is 27.3 Å². The molecular formula is C25H34N2O3. The number of rotatable bonds is 8. The summed E-state index contributed by atoms with van der Waals surface area (Å²) in [5.74, 6) is 1.93. The molecule has 0 saturated carbocycles. The predicted octanol–water partition coefficient (Wildman–Crippen LogP) is 4.27. The number of hydrogen-bond acceptors (Lipinski definition) is 4. The quantitative estimate of drug-likeness (QED) is 0.706. The van der Waals surface area contributed by atoms with Gasteiger partial charge in [0.25, 0.3) is 0 Å². The Morgan fingerprint density at radius 3 is 2.57 bits per heavy atom. The van der Waals surface area contributed by atoms with Crippen molar-refractivity contribution in [2.24, 2.45) is 5.92 Å². The lowest BCUT2D eigenvalue weighted by atomic mass is 9.91. The Kier molecular flexibility index (Phi) is 7.38. The normalized spacial score (nSPS) is 16.3. The molecule has 1 N–H and O–H groups in total. The number of hydrogen-bond donors (Lipinski definition) is 1. The lowest BCUT2D eigenvalue weighted by Gasteiger charge is -2.38. The van der Waals surface area contributed by atoms with Crippen molar-refractivity contribution in [3.05, 3.63) is 58.7 Å². The van der Waals surface area contributed by atoms with E-state index in [2.05, 4.69) is 67.4 Å². The molecule has 1 atom stereocenters. The number of ether oxygens (including phenoxy) is 2. The number of aryl methyl sites for hydroxylation is 1. The van der Waals surface area contributed by atoms with Gasteiger partial charge in [-0.15, -0.1) is 0 Å². The highest BCUT2D eigenvalue weighted by Crippen LogP contribution is 2.38. The third kappa shape index (κ3) is 5.33. The largest absolute Gasteiger partial charge is 0.493 e. The maximum Gasteiger partial charge on any atom is 0.220 e. The van der Waals surface area contributed by atoms with Crippen LogP contribution in [-0.2, 0) is 17.8 Å². The number of benzene rings is 2. The average Bonchev–Trinajstić information content (AvgIpc) is 2.71. The van der Waals surface area contributed by atoms with Gasteiger partial charge in [0.2, 0.25) is 5.91 Å². The molecule has 0 radical (unpaired) electrons. The Balaban J connectivity index is 1.89. The van der Waals surface area contributed by atoms with Crippen LogP contribution >= 0.6 is 0 Å². The SMILES string of the molecule is COc1cc2c(cc1OC)[C@@H](CNC(=O)CC(C)C)N(Cc1cccc(C)c1)CC2. The van der Waals surface area contributed by atoms with E-state index in [0.717, 1.165) is 31.0 Å². The zero-order valence-corrected chi connectivity index (χ0v) is 18.8. The molecule has 0 unspecified atom stereocenters. The van der Waals surface area contributed by atoms with Crippen molar-refractivity contribution >= 4 is 5.91 Å². The highest BCUT2D eigenvalue weighted by Gasteiger charge is 2.29. The Morgan fingerprint density at radius 2 is 1.90 bits per heavy atom. The van der Waals surface area contributed by atoms with Crippen molar-refractivity contribution in [3.8, 4) is 11.5 Å². The van der Waals surface area contributed by atoms with E-state index in [-0.39, 0.29) is 11.9 Å².